The van der Waals surface area contributed by atoms with Crippen LogP contribution in [0.4, 0.5) is 0 Å². The molecule has 146 valence electrons. The third-order valence-electron chi connectivity index (χ3n) is 5.64. The molecule has 31 heavy (non-hydrogen) atoms. The molecular formula is C28H18N2O. The Hall–Kier alpha value is -4.24. The van der Waals surface area contributed by atoms with E-state index in [1.165, 1.54) is 5.56 Å². The predicted molar refractivity (Wildman–Crippen MR) is 127 cm³/mol. The van der Waals surface area contributed by atoms with E-state index in [-0.39, 0.29) is 0 Å². The van der Waals surface area contributed by atoms with Gasteiger partial charge in [-0.3, -0.25) is 9.97 Å². The van der Waals surface area contributed by atoms with E-state index in [1.807, 2.05) is 48.8 Å². The fourth-order valence-electron chi connectivity index (χ4n) is 4.23. The lowest BCUT2D eigenvalue weighted by Crippen LogP contribution is -1.93. The maximum Gasteiger partial charge on any atom is 0.143 e. The van der Waals surface area contributed by atoms with Gasteiger partial charge in [-0.1, -0.05) is 60.7 Å². The van der Waals surface area contributed by atoms with Crippen LogP contribution in [-0.2, 0) is 0 Å². The van der Waals surface area contributed by atoms with Crippen molar-refractivity contribution >= 4 is 32.4 Å². The Morgan fingerprint density at radius 2 is 1.42 bits per heavy atom. The van der Waals surface area contributed by atoms with Gasteiger partial charge in [0.15, 0.2) is 0 Å². The molecule has 0 radical (unpaired) electrons. The van der Waals surface area contributed by atoms with Crippen molar-refractivity contribution in [2.24, 2.45) is 0 Å². The highest BCUT2D eigenvalue weighted by molar-refractivity contribution is 6.16. The number of fused-ring (bicyclic) bond motifs is 3. The molecule has 6 rings (SSSR count). The molecule has 0 fully saturated rings. The van der Waals surface area contributed by atoms with Crippen LogP contribution < -0.4 is 4.74 Å². The van der Waals surface area contributed by atoms with Gasteiger partial charge in [0.2, 0.25) is 0 Å². The van der Waals surface area contributed by atoms with Crippen LogP contribution in [-0.4, -0.2) is 9.97 Å². The topological polar surface area (TPSA) is 35.0 Å². The third-order valence-corrected chi connectivity index (χ3v) is 5.64. The summed E-state index contributed by atoms with van der Waals surface area (Å²) in [7, 11) is 0. The monoisotopic (exact) mass is 398 g/mol. The van der Waals surface area contributed by atoms with Crippen molar-refractivity contribution in [3.05, 3.63) is 110 Å². The number of rotatable bonds is 3. The van der Waals surface area contributed by atoms with E-state index in [0.29, 0.717) is 0 Å². The van der Waals surface area contributed by atoms with Crippen LogP contribution in [0.25, 0.3) is 43.6 Å². The van der Waals surface area contributed by atoms with Gasteiger partial charge in [0.05, 0.1) is 5.52 Å². The number of pyridine rings is 2. The minimum absolute atomic E-state index is 0.766. The predicted octanol–water partition coefficient (Wildman–Crippen LogP) is 7.40. The molecule has 0 spiro atoms. The zero-order chi connectivity index (χ0) is 20.6. The van der Waals surface area contributed by atoms with Gasteiger partial charge in [0.25, 0.3) is 0 Å². The minimum atomic E-state index is 0.766. The summed E-state index contributed by atoms with van der Waals surface area (Å²) < 4.78 is 6.54. The summed E-state index contributed by atoms with van der Waals surface area (Å²) in [4.78, 5) is 8.90. The molecule has 3 nitrogen and oxygen atoms in total. The molecule has 0 aliphatic carbocycles. The number of hydrogen-bond donors (Lipinski definition) is 0. The summed E-state index contributed by atoms with van der Waals surface area (Å²) in [6.45, 7) is 0. The molecule has 2 aromatic heterocycles. The maximum atomic E-state index is 6.54. The summed E-state index contributed by atoms with van der Waals surface area (Å²) in [6, 6.07) is 30.9. The largest absolute Gasteiger partial charge is 0.456 e. The van der Waals surface area contributed by atoms with Gasteiger partial charge < -0.3 is 4.74 Å². The second-order valence-electron chi connectivity index (χ2n) is 7.50. The molecule has 0 atom stereocenters. The van der Waals surface area contributed by atoms with E-state index in [9.17, 15) is 0 Å². The van der Waals surface area contributed by atoms with E-state index in [2.05, 4.69) is 64.6 Å². The van der Waals surface area contributed by atoms with Crippen molar-refractivity contribution in [2.45, 2.75) is 0 Å². The van der Waals surface area contributed by atoms with Crippen LogP contribution in [0.3, 0.4) is 0 Å². The molecule has 0 aliphatic rings. The Morgan fingerprint density at radius 3 is 2.32 bits per heavy atom. The second-order valence-corrected chi connectivity index (χ2v) is 7.50. The van der Waals surface area contributed by atoms with Gasteiger partial charge >= 0.3 is 0 Å². The molecule has 2 heterocycles. The minimum Gasteiger partial charge on any atom is -0.456 e. The van der Waals surface area contributed by atoms with Crippen molar-refractivity contribution in [3.63, 3.8) is 0 Å². The summed E-state index contributed by atoms with van der Waals surface area (Å²) in [6.07, 6.45) is 5.55. The quantitative estimate of drug-likeness (QED) is 0.291. The molecule has 0 amide bonds. The molecule has 0 saturated carbocycles. The maximum absolute atomic E-state index is 6.54. The Bertz CT molecular complexity index is 1500. The first kappa shape index (κ1) is 17.6. The molecule has 0 saturated heterocycles. The number of nitrogens with zero attached hydrogens (tertiary/aromatic N) is 2. The number of benzene rings is 4. The molecule has 0 bridgehead atoms. The summed E-state index contributed by atoms with van der Waals surface area (Å²) in [5, 5.41) is 5.41. The lowest BCUT2D eigenvalue weighted by molar-refractivity contribution is 0.494. The normalized spacial score (nSPS) is 11.2. The molecule has 6 aromatic rings. The highest BCUT2D eigenvalue weighted by Gasteiger charge is 2.17. The fraction of sp³-hybridized carbons (Fsp3) is 0. The molecular weight excluding hydrogens is 380 g/mol. The van der Waals surface area contributed by atoms with Crippen molar-refractivity contribution < 1.29 is 4.74 Å². The molecule has 0 unspecified atom stereocenters. The number of hydrogen-bond acceptors (Lipinski definition) is 3. The van der Waals surface area contributed by atoms with Crippen LogP contribution in [0.5, 0.6) is 11.5 Å². The first-order valence-corrected chi connectivity index (χ1v) is 10.2. The van der Waals surface area contributed by atoms with Gasteiger partial charge in [-0.05, 0) is 40.8 Å². The molecule has 0 aliphatic heterocycles. The van der Waals surface area contributed by atoms with Crippen molar-refractivity contribution in [1.82, 2.24) is 9.97 Å². The number of ether oxygens (including phenoxy) is 1. The van der Waals surface area contributed by atoms with Gasteiger partial charge in [-0.25, -0.2) is 0 Å². The van der Waals surface area contributed by atoms with E-state index in [1.54, 1.807) is 6.20 Å². The van der Waals surface area contributed by atoms with Crippen LogP contribution in [0.1, 0.15) is 0 Å². The number of aromatic nitrogens is 2. The van der Waals surface area contributed by atoms with Gasteiger partial charge in [0.1, 0.15) is 11.5 Å². The SMILES string of the molecule is c1ccc(-c2c3ccccc3c(Oc3ccc4cccnc4c3)c3ccncc23)cc1. The Labute approximate surface area is 179 Å². The summed E-state index contributed by atoms with van der Waals surface area (Å²) >= 11 is 0. The van der Waals surface area contributed by atoms with Crippen LogP contribution in [0, 0.1) is 0 Å². The standard InChI is InChI=1S/C28H18N2O/c1-2-7-20(8-3-1)27-22-10-4-5-11-23(22)28(24-14-16-29-18-25(24)27)31-21-13-12-19-9-6-15-30-26(19)17-21/h1-18H. The fourth-order valence-corrected chi connectivity index (χ4v) is 4.23. The first-order chi connectivity index (χ1) is 15.4. The smallest absolute Gasteiger partial charge is 0.143 e. The summed E-state index contributed by atoms with van der Waals surface area (Å²) in [5.41, 5.74) is 3.25. The second kappa shape index (κ2) is 7.22. The Morgan fingerprint density at radius 1 is 0.613 bits per heavy atom. The van der Waals surface area contributed by atoms with E-state index in [4.69, 9.17) is 4.74 Å². The van der Waals surface area contributed by atoms with E-state index >= 15 is 0 Å². The van der Waals surface area contributed by atoms with Crippen LogP contribution in [0.2, 0.25) is 0 Å². The van der Waals surface area contributed by atoms with Crippen LogP contribution in [0.15, 0.2) is 110 Å². The van der Waals surface area contributed by atoms with Crippen molar-refractivity contribution in [1.29, 1.82) is 0 Å². The molecule has 4 aromatic carbocycles. The van der Waals surface area contributed by atoms with E-state index in [0.717, 1.165) is 49.5 Å². The average molecular weight is 398 g/mol. The Kier molecular flexibility index (Phi) is 4.10. The highest BCUT2D eigenvalue weighted by atomic mass is 16.5. The van der Waals surface area contributed by atoms with Crippen molar-refractivity contribution in [3.8, 4) is 22.6 Å². The average Bonchev–Trinajstić information content (AvgIpc) is 2.84. The molecule has 3 heteroatoms. The van der Waals surface area contributed by atoms with Gasteiger partial charge in [-0.2, -0.15) is 0 Å². The zero-order valence-corrected chi connectivity index (χ0v) is 16.7. The Balaban J connectivity index is 1.64. The van der Waals surface area contributed by atoms with Gasteiger partial charge in [-0.15, -0.1) is 0 Å². The zero-order valence-electron chi connectivity index (χ0n) is 16.7. The van der Waals surface area contributed by atoms with Gasteiger partial charge in [0, 0.05) is 46.2 Å². The molecule has 0 N–H and O–H groups in total. The van der Waals surface area contributed by atoms with Crippen molar-refractivity contribution in [2.75, 3.05) is 0 Å². The first-order valence-electron chi connectivity index (χ1n) is 10.2. The van der Waals surface area contributed by atoms with E-state index < -0.39 is 0 Å². The highest BCUT2D eigenvalue weighted by Crippen LogP contribution is 2.44. The lowest BCUT2D eigenvalue weighted by atomic mass is 9.92. The summed E-state index contributed by atoms with van der Waals surface area (Å²) in [5.74, 6) is 1.60. The third kappa shape index (κ3) is 2.99. The van der Waals surface area contributed by atoms with Crippen LogP contribution >= 0.6 is 0 Å². The lowest BCUT2D eigenvalue weighted by Gasteiger charge is -2.17.